The summed E-state index contributed by atoms with van der Waals surface area (Å²) in [4.78, 5) is 0. The lowest BCUT2D eigenvalue weighted by Gasteiger charge is -2.11. The molecule has 3 heteroatoms. The zero-order valence-corrected chi connectivity index (χ0v) is 11.2. The van der Waals surface area contributed by atoms with Gasteiger partial charge < -0.3 is 5.32 Å². The molecule has 0 saturated carbocycles. The highest BCUT2D eigenvalue weighted by atomic mass is 35.5. The molecule has 0 unspecified atom stereocenters. The van der Waals surface area contributed by atoms with Crippen LogP contribution in [0.5, 0.6) is 0 Å². The second-order valence-corrected chi connectivity index (χ2v) is 4.76. The molecule has 0 aromatic heterocycles. The molecule has 1 N–H and O–H groups in total. The van der Waals surface area contributed by atoms with Gasteiger partial charge in [-0.15, -0.1) is 0 Å². The Morgan fingerprint density at radius 3 is 2.67 bits per heavy atom. The van der Waals surface area contributed by atoms with E-state index in [4.69, 9.17) is 11.6 Å². The number of hydrogen-bond acceptors (Lipinski definition) is 1. The third-order valence-electron chi connectivity index (χ3n) is 3.07. The Hall–Kier alpha value is -1.54. The molecule has 1 nitrogen and oxygen atoms in total. The van der Waals surface area contributed by atoms with E-state index in [-0.39, 0.29) is 10.8 Å². The van der Waals surface area contributed by atoms with E-state index in [1.54, 1.807) is 6.07 Å². The molecule has 2 rings (SSSR count). The van der Waals surface area contributed by atoms with Gasteiger partial charge in [-0.3, -0.25) is 0 Å². The van der Waals surface area contributed by atoms with E-state index in [0.29, 0.717) is 6.54 Å². The number of nitrogens with one attached hydrogen (secondary N) is 1. The topological polar surface area (TPSA) is 12.0 Å². The molecule has 0 bridgehead atoms. The molecule has 0 fully saturated rings. The van der Waals surface area contributed by atoms with E-state index in [9.17, 15) is 4.39 Å². The van der Waals surface area contributed by atoms with Crippen LogP contribution in [0.1, 0.15) is 16.7 Å². The lowest BCUT2D eigenvalue weighted by atomic mass is 10.1. The highest BCUT2D eigenvalue weighted by Gasteiger charge is 2.03. The molecule has 0 atom stereocenters. The van der Waals surface area contributed by atoms with Gasteiger partial charge in [-0.2, -0.15) is 0 Å². The maximum absolute atomic E-state index is 13.3. The summed E-state index contributed by atoms with van der Waals surface area (Å²) in [6, 6.07) is 11.0. The number of hydrogen-bond donors (Lipinski definition) is 1. The molecule has 2 aromatic carbocycles. The van der Waals surface area contributed by atoms with Crippen molar-refractivity contribution in [3.05, 3.63) is 63.9 Å². The average Bonchev–Trinajstić information content (AvgIpc) is 2.35. The fourth-order valence-corrected chi connectivity index (χ4v) is 1.91. The van der Waals surface area contributed by atoms with Crippen molar-refractivity contribution in [2.45, 2.75) is 20.4 Å². The summed E-state index contributed by atoms with van der Waals surface area (Å²) >= 11 is 5.65. The van der Waals surface area contributed by atoms with Crippen LogP contribution in [-0.2, 0) is 6.54 Å². The number of halogens is 2. The molecule has 0 aliphatic carbocycles. The van der Waals surface area contributed by atoms with Crippen LogP contribution in [0.15, 0.2) is 36.4 Å². The molecule has 0 amide bonds. The highest BCUT2D eigenvalue weighted by Crippen LogP contribution is 2.20. The van der Waals surface area contributed by atoms with Gasteiger partial charge in [-0.25, -0.2) is 4.39 Å². The van der Waals surface area contributed by atoms with E-state index in [0.717, 1.165) is 11.3 Å². The van der Waals surface area contributed by atoms with Crippen molar-refractivity contribution in [1.82, 2.24) is 0 Å². The first-order valence-electron chi connectivity index (χ1n) is 5.82. The van der Waals surface area contributed by atoms with Gasteiger partial charge >= 0.3 is 0 Å². The van der Waals surface area contributed by atoms with E-state index in [1.807, 2.05) is 18.2 Å². The van der Waals surface area contributed by atoms with Crippen LogP contribution < -0.4 is 5.32 Å². The van der Waals surface area contributed by atoms with Gasteiger partial charge in [0, 0.05) is 12.2 Å². The smallest absolute Gasteiger partial charge is 0.142 e. The Bertz CT molecular complexity index is 566. The molecule has 2 aromatic rings. The van der Waals surface area contributed by atoms with Crippen LogP contribution >= 0.6 is 11.6 Å². The van der Waals surface area contributed by atoms with E-state index in [1.165, 1.54) is 17.2 Å². The summed E-state index contributed by atoms with van der Waals surface area (Å²) in [5.74, 6) is -0.378. The summed E-state index contributed by atoms with van der Waals surface area (Å²) in [7, 11) is 0. The van der Waals surface area contributed by atoms with Crippen LogP contribution in [0.2, 0.25) is 5.02 Å². The predicted molar refractivity (Wildman–Crippen MR) is 74.7 cm³/mol. The predicted octanol–water partition coefficient (Wildman–Crippen LogP) is 4.71. The lowest BCUT2D eigenvalue weighted by molar-refractivity contribution is 0.626. The van der Waals surface area contributed by atoms with Gasteiger partial charge in [-0.05, 0) is 48.7 Å². The summed E-state index contributed by atoms with van der Waals surface area (Å²) in [5.41, 5.74) is 4.40. The monoisotopic (exact) mass is 263 g/mol. The first-order valence-corrected chi connectivity index (χ1v) is 6.20. The van der Waals surface area contributed by atoms with E-state index in [2.05, 4.69) is 25.2 Å². The van der Waals surface area contributed by atoms with Gasteiger partial charge in [-0.1, -0.05) is 29.8 Å². The number of benzene rings is 2. The summed E-state index contributed by atoms with van der Waals surface area (Å²) in [5, 5.41) is 3.46. The van der Waals surface area contributed by atoms with Gasteiger partial charge in [0.15, 0.2) is 0 Å². The number of aryl methyl sites for hydroxylation is 1. The number of anilines is 1. The van der Waals surface area contributed by atoms with E-state index >= 15 is 0 Å². The molecular formula is C15H15ClFN. The molecule has 0 spiro atoms. The van der Waals surface area contributed by atoms with Gasteiger partial charge in [0.1, 0.15) is 5.82 Å². The largest absolute Gasteiger partial charge is 0.381 e. The van der Waals surface area contributed by atoms with Crippen molar-refractivity contribution in [1.29, 1.82) is 0 Å². The molecule has 0 aliphatic rings. The lowest BCUT2D eigenvalue weighted by Crippen LogP contribution is -2.02. The van der Waals surface area contributed by atoms with Crippen molar-refractivity contribution in [2.75, 3.05) is 5.32 Å². The normalized spacial score (nSPS) is 10.4. The first-order chi connectivity index (χ1) is 8.58. The second kappa shape index (κ2) is 5.40. The molecule has 0 saturated heterocycles. The SMILES string of the molecule is Cc1cccc(NCc2ccc(Cl)c(F)c2)c1C. The molecule has 0 radical (unpaired) electrons. The summed E-state index contributed by atoms with van der Waals surface area (Å²) < 4.78 is 13.3. The van der Waals surface area contributed by atoms with Gasteiger partial charge in [0.05, 0.1) is 5.02 Å². The minimum atomic E-state index is -0.378. The maximum Gasteiger partial charge on any atom is 0.142 e. The van der Waals surface area contributed by atoms with Crippen LogP contribution in [0.3, 0.4) is 0 Å². The summed E-state index contributed by atoms with van der Waals surface area (Å²) in [6.07, 6.45) is 0. The standard InChI is InChI=1S/C15H15ClFN/c1-10-4-3-5-15(11(10)2)18-9-12-6-7-13(16)14(17)8-12/h3-8,18H,9H2,1-2H3. The Labute approximate surface area is 112 Å². The van der Waals surface area contributed by atoms with Crippen molar-refractivity contribution in [2.24, 2.45) is 0 Å². The third kappa shape index (κ3) is 2.82. The van der Waals surface area contributed by atoms with Gasteiger partial charge in [0.25, 0.3) is 0 Å². The van der Waals surface area contributed by atoms with Crippen LogP contribution in [0.25, 0.3) is 0 Å². The Morgan fingerprint density at radius 2 is 1.94 bits per heavy atom. The van der Waals surface area contributed by atoms with Crippen molar-refractivity contribution >= 4 is 17.3 Å². The molecule has 0 aliphatic heterocycles. The van der Waals surface area contributed by atoms with Crippen LogP contribution in [0, 0.1) is 19.7 Å². The Kier molecular flexibility index (Phi) is 3.87. The third-order valence-corrected chi connectivity index (χ3v) is 3.38. The molecule has 18 heavy (non-hydrogen) atoms. The van der Waals surface area contributed by atoms with Crippen LogP contribution in [0.4, 0.5) is 10.1 Å². The first kappa shape index (κ1) is 12.9. The Morgan fingerprint density at radius 1 is 1.17 bits per heavy atom. The van der Waals surface area contributed by atoms with Crippen LogP contribution in [-0.4, -0.2) is 0 Å². The maximum atomic E-state index is 13.3. The quantitative estimate of drug-likeness (QED) is 0.846. The Balaban J connectivity index is 2.11. The van der Waals surface area contributed by atoms with Crippen molar-refractivity contribution in [3.8, 4) is 0 Å². The van der Waals surface area contributed by atoms with Gasteiger partial charge in [0.2, 0.25) is 0 Å². The fraction of sp³-hybridized carbons (Fsp3) is 0.200. The fourth-order valence-electron chi connectivity index (χ4n) is 1.79. The minimum Gasteiger partial charge on any atom is -0.381 e. The average molecular weight is 264 g/mol. The second-order valence-electron chi connectivity index (χ2n) is 4.35. The molecule has 0 heterocycles. The van der Waals surface area contributed by atoms with Crippen molar-refractivity contribution in [3.63, 3.8) is 0 Å². The molecular weight excluding hydrogens is 249 g/mol. The zero-order valence-electron chi connectivity index (χ0n) is 10.4. The molecule has 94 valence electrons. The summed E-state index contributed by atoms with van der Waals surface area (Å²) in [6.45, 7) is 4.72. The van der Waals surface area contributed by atoms with E-state index < -0.39 is 0 Å². The number of rotatable bonds is 3. The zero-order chi connectivity index (χ0) is 13.1. The van der Waals surface area contributed by atoms with Crippen molar-refractivity contribution < 1.29 is 4.39 Å². The minimum absolute atomic E-state index is 0.158. The highest BCUT2D eigenvalue weighted by molar-refractivity contribution is 6.30.